The summed E-state index contributed by atoms with van der Waals surface area (Å²) in [6.07, 6.45) is 12.2. The van der Waals surface area contributed by atoms with Gasteiger partial charge in [0.05, 0.1) is 14.2 Å². The van der Waals surface area contributed by atoms with Crippen LogP contribution in [0.5, 0.6) is 11.5 Å². The Morgan fingerprint density at radius 1 is 0.805 bits per heavy atom. The lowest BCUT2D eigenvalue weighted by Crippen LogP contribution is -2.22. The van der Waals surface area contributed by atoms with E-state index in [0.717, 1.165) is 41.4 Å². The van der Waals surface area contributed by atoms with Crippen LogP contribution in [0.25, 0.3) is 5.57 Å². The molecule has 0 unspecified atom stereocenters. The van der Waals surface area contributed by atoms with E-state index in [1.54, 1.807) is 14.2 Å². The molecule has 2 aliphatic carbocycles. The molecule has 4 heteroatoms. The van der Waals surface area contributed by atoms with Crippen LogP contribution in [0.1, 0.15) is 81.7 Å². The molecule has 5 rings (SSSR count). The summed E-state index contributed by atoms with van der Waals surface area (Å²) in [5.74, 6) is 1.89. The molecule has 0 saturated carbocycles. The standard InChI is InChI=1S/C37H44ClNO2/c1-22-18-27-24(3)28(36(4,5)29(27)20-32(22)40-9)16-14-25-12-11-13-26(35(25)38)15-17-34-37(6,7)30-21-33(41-10)23(2)19-31(30)39(34)8/h14-21H,11-13H2,1-10H3/b16-14+,26-15?,34-17-. The van der Waals surface area contributed by atoms with Gasteiger partial charge in [0.1, 0.15) is 11.5 Å². The Hall–Kier alpha value is -3.17. The zero-order chi connectivity index (χ0) is 29.9. The molecule has 2 aromatic carbocycles. The van der Waals surface area contributed by atoms with Crippen LogP contribution < -0.4 is 14.4 Å². The van der Waals surface area contributed by atoms with Gasteiger partial charge in [0.25, 0.3) is 0 Å². The highest BCUT2D eigenvalue weighted by Gasteiger charge is 2.39. The average Bonchev–Trinajstić information content (AvgIpc) is 3.22. The molecule has 0 fully saturated rings. The quantitative estimate of drug-likeness (QED) is 0.357. The molecule has 0 spiro atoms. The largest absolute Gasteiger partial charge is 0.496 e. The molecule has 41 heavy (non-hydrogen) atoms. The fraction of sp³-hybridized carbons (Fsp3) is 0.405. The van der Waals surface area contributed by atoms with E-state index >= 15 is 0 Å². The second-order valence-corrected chi connectivity index (χ2v) is 13.2. The molecule has 3 aliphatic rings. The summed E-state index contributed by atoms with van der Waals surface area (Å²) in [5, 5.41) is 0.891. The normalized spacial score (nSPS) is 21.4. The zero-order valence-corrected chi connectivity index (χ0v) is 27.1. The summed E-state index contributed by atoms with van der Waals surface area (Å²) < 4.78 is 11.3. The van der Waals surface area contributed by atoms with Gasteiger partial charge in [0.2, 0.25) is 0 Å². The molecular formula is C37H44ClNO2. The fourth-order valence-electron chi connectivity index (χ4n) is 7.08. The van der Waals surface area contributed by atoms with Gasteiger partial charge < -0.3 is 14.4 Å². The molecule has 0 saturated heterocycles. The van der Waals surface area contributed by atoms with Gasteiger partial charge in [0, 0.05) is 34.3 Å². The molecular weight excluding hydrogens is 526 g/mol. The number of ether oxygens (including phenoxy) is 2. The topological polar surface area (TPSA) is 21.7 Å². The van der Waals surface area contributed by atoms with Crippen LogP contribution in [0.4, 0.5) is 5.69 Å². The number of benzene rings is 2. The molecule has 2 aromatic rings. The van der Waals surface area contributed by atoms with Crippen LogP contribution in [0.15, 0.2) is 76.0 Å². The molecule has 3 nitrogen and oxygen atoms in total. The molecule has 0 atom stereocenters. The van der Waals surface area contributed by atoms with Crippen molar-refractivity contribution in [1.82, 2.24) is 0 Å². The number of nitrogens with zero attached hydrogens (tertiary/aromatic N) is 1. The highest BCUT2D eigenvalue weighted by molar-refractivity contribution is 6.32. The van der Waals surface area contributed by atoms with Crippen molar-refractivity contribution in [1.29, 1.82) is 0 Å². The van der Waals surface area contributed by atoms with Crippen molar-refractivity contribution in [3.05, 3.63) is 104 Å². The number of aryl methyl sites for hydroxylation is 2. The number of fused-ring (bicyclic) bond motifs is 2. The van der Waals surface area contributed by atoms with Crippen LogP contribution >= 0.6 is 11.6 Å². The van der Waals surface area contributed by atoms with Crippen molar-refractivity contribution in [3.8, 4) is 11.5 Å². The lowest BCUT2D eigenvalue weighted by Gasteiger charge is -2.25. The number of likely N-dealkylation sites (N-methyl/N-ethyl adjacent to an activating group) is 1. The zero-order valence-electron chi connectivity index (χ0n) is 26.4. The molecule has 1 heterocycles. The Labute approximate surface area is 251 Å². The summed E-state index contributed by atoms with van der Waals surface area (Å²) in [4.78, 5) is 2.31. The fourth-order valence-corrected chi connectivity index (χ4v) is 7.39. The highest BCUT2D eigenvalue weighted by Crippen LogP contribution is 2.50. The lowest BCUT2D eigenvalue weighted by molar-refractivity contribution is 0.410. The van der Waals surface area contributed by atoms with Gasteiger partial charge >= 0.3 is 0 Å². The van der Waals surface area contributed by atoms with Crippen LogP contribution in [0.3, 0.4) is 0 Å². The molecule has 216 valence electrons. The number of rotatable bonds is 5. The SMILES string of the molecule is COc1cc2c(cc1C)C(C)=C(/C=C/C1=C(Cl)C(=C/C=C3\N(C)c4cc(C)c(OC)cc4C3(C)C)CCC1)C2(C)C. The van der Waals surface area contributed by atoms with E-state index in [4.69, 9.17) is 21.1 Å². The van der Waals surface area contributed by atoms with Gasteiger partial charge in [0.15, 0.2) is 0 Å². The number of allylic oxidation sites excluding steroid dienone is 10. The van der Waals surface area contributed by atoms with Crippen LogP contribution in [-0.2, 0) is 10.8 Å². The third-order valence-electron chi connectivity index (χ3n) is 9.59. The predicted molar refractivity (Wildman–Crippen MR) is 175 cm³/mol. The predicted octanol–water partition coefficient (Wildman–Crippen LogP) is 9.86. The van der Waals surface area contributed by atoms with Crippen molar-refractivity contribution < 1.29 is 9.47 Å². The van der Waals surface area contributed by atoms with Crippen LogP contribution in [0.2, 0.25) is 0 Å². The highest BCUT2D eigenvalue weighted by atomic mass is 35.5. The maximum atomic E-state index is 7.10. The second kappa shape index (κ2) is 10.6. The Morgan fingerprint density at radius 3 is 2.10 bits per heavy atom. The summed E-state index contributed by atoms with van der Waals surface area (Å²) in [5.41, 5.74) is 13.6. The van der Waals surface area contributed by atoms with Crippen LogP contribution in [0, 0.1) is 13.8 Å². The first-order chi connectivity index (χ1) is 19.3. The minimum absolute atomic E-state index is 0.101. The van der Waals surface area contributed by atoms with E-state index < -0.39 is 0 Å². The van der Waals surface area contributed by atoms with Crippen LogP contribution in [-0.4, -0.2) is 21.3 Å². The number of hydrogen-bond acceptors (Lipinski definition) is 3. The molecule has 1 aliphatic heterocycles. The van der Waals surface area contributed by atoms with Crippen molar-refractivity contribution >= 4 is 22.9 Å². The second-order valence-electron chi connectivity index (χ2n) is 12.8. The average molecular weight is 570 g/mol. The van der Waals surface area contributed by atoms with E-state index in [0.29, 0.717) is 0 Å². The maximum absolute atomic E-state index is 7.10. The lowest BCUT2D eigenvalue weighted by atomic mass is 9.80. The summed E-state index contributed by atoms with van der Waals surface area (Å²) >= 11 is 7.10. The number of halogens is 1. The van der Waals surface area contributed by atoms with E-state index in [1.165, 1.54) is 55.9 Å². The minimum atomic E-state index is -0.135. The number of hydrogen-bond donors (Lipinski definition) is 0. The summed E-state index contributed by atoms with van der Waals surface area (Å²) in [7, 11) is 5.65. The Morgan fingerprint density at radius 2 is 1.44 bits per heavy atom. The molecule has 0 amide bonds. The van der Waals surface area contributed by atoms with Gasteiger partial charge in [-0.1, -0.05) is 57.5 Å². The van der Waals surface area contributed by atoms with Gasteiger partial charge in [-0.2, -0.15) is 0 Å². The van der Waals surface area contributed by atoms with E-state index in [-0.39, 0.29) is 10.8 Å². The van der Waals surface area contributed by atoms with E-state index in [9.17, 15) is 0 Å². The summed E-state index contributed by atoms with van der Waals surface area (Å²) in [6.45, 7) is 15.6. The maximum Gasteiger partial charge on any atom is 0.122 e. The first kappa shape index (κ1) is 29.3. The van der Waals surface area contributed by atoms with Crippen molar-refractivity contribution in [2.24, 2.45) is 0 Å². The monoisotopic (exact) mass is 569 g/mol. The van der Waals surface area contributed by atoms with Crippen molar-refractivity contribution in [3.63, 3.8) is 0 Å². The Kier molecular flexibility index (Phi) is 7.57. The molecule has 0 aromatic heterocycles. The molecule has 0 radical (unpaired) electrons. The first-order valence-corrected chi connectivity index (χ1v) is 15.0. The van der Waals surface area contributed by atoms with Crippen molar-refractivity contribution in [2.45, 2.75) is 78.6 Å². The minimum Gasteiger partial charge on any atom is -0.496 e. The Bertz CT molecular complexity index is 1580. The van der Waals surface area contributed by atoms with Gasteiger partial charge in [-0.3, -0.25) is 0 Å². The number of methoxy groups -OCH3 is 2. The smallest absolute Gasteiger partial charge is 0.122 e. The van der Waals surface area contributed by atoms with Crippen molar-refractivity contribution in [2.75, 3.05) is 26.2 Å². The molecule has 0 bridgehead atoms. The third-order valence-corrected chi connectivity index (χ3v) is 10.1. The third kappa shape index (κ3) is 4.77. The van der Waals surface area contributed by atoms with Gasteiger partial charge in [-0.15, -0.1) is 0 Å². The summed E-state index contributed by atoms with van der Waals surface area (Å²) in [6, 6.07) is 8.91. The van der Waals surface area contributed by atoms with Gasteiger partial charge in [-0.25, -0.2) is 0 Å². The van der Waals surface area contributed by atoms with E-state index in [1.807, 2.05) is 0 Å². The van der Waals surface area contributed by atoms with Gasteiger partial charge in [-0.05, 0) is 120 Å². The van der Waals surface area contributed by atoms with E-state index in [2.05, 4.69) is 109 Å². The number of anilines is 1. The first-order valence-electron chi connectivity index (χ1n) is 14.6. The molecule has 0 N–H and O–H groups in total. The Balaban J connectivity index is 1.46.